The summed E-state index contributed by atoms with van der Waals surface area (Å²) in [5.41, 5.74) is 0. The number of benzene rings is 3. The molecule has 0 amide bonds. The van der Waals surface area contributed by atoms with E-state index < -0.39 is 37.1 Å². The van der Waals surface area contributed by atoms with Gasteiger partial charge in [-0.1, -0.05) is 48.5 Å². The molecule has 0 saturated carbocycles. The molecule has 0 atom stereocenters. The van der Waals surface area contributed by atoms with E-state index in [9.17, 15) is 35.9 Å². The fourth-order valence-electron chi connectivity index (χ4n) is 2.90. The average Bonchev–Trinajstić information content (AvgIpc) is 2.61. The first-order valence-electron chi connectivity index (χ1n) is 8.43. The minimum atomic E-state index is -4.78. The molecule has 10 heteroatoms. The number of hydrogen-bond acceptors (Lipinski definition) is 4. The van der Waals surface area contributed by atoms with E-state index in [-0.39, 0.29) is 33.0 Å². The van der Waals surface area contributed by atoms with Gasteiger partial charge in [-0.15, -0.1) is 0 Å². The van der Waals surface area contributed by atoms with Crippen LogP contribution in [0.15, 0.2) is 48.5 Å². The van der Waals surface area contributed by atoms with Gasteiger partial charge in [0.2, 0.25) is 0 Å². The first-order chi connectivity index (χ1) is 13.9. The molecule has 0 spiro atoms. The maximum Gasteiger partial charge on any atom is 0.399 e. The number of halogens is 6. The summed E-state index contributed by atoms with van der Waals surface area (Å²) in [7, 11) is 0. The van der Waals surface area contributed by atoms with Crippen LogP contribution >= 0.6 is 0 Å². The van der Waals surface area contributed by atoms with E-state index in [4.69, 9.17) is 9.47 Å². The number of esters is 2. The highest BCUT2D eigenvalue weighted by Crippen LogP contribution is 2.43. The SMILES string of the molecule is O=C(CC(F)(F)F)Oc1c2ccccc2c(OC(=O)CC(F)(F)F)c2ccccc12. The van der Waals surface area contributed by atoms with Gasteiger partial charge in [0, 0.05) is 21.5 Å². The molecular formula is C20H12F6O4. The van der Waals surface area contributed by atoms with Gasteiger partial charge in [-0.3, -0.25) is 9.59 Å². The molecule has 0 bridgehead atoms. The molecule has 158 valence electrons. The van der Waals surface area contributed by atoms with E-state index in [0.717, 1.165) is 0 Å². The van der Waals surface area contributed by atoms with Crippen molar-refractivity contribution in [3.05, 3.63) is 48.5 Å². The molecule has 4 nitrogen and oxygen atoms in total. The standard InChI is InChI=1S/C20H12F6O4/c21-19(22,23)9-15(27)29-17-11-5-1-2-6-12(11)18(14-8-4-3-7-13(14)17)30-16(28)10-20(24,25)26/h1-8H,9-10H2. The summed E-state index contributed by atoms with van der Waals surface area (Å²) in [6.45, 7) is 0. The van der Waals surface area contributed by atoms with E-state index in [1.807, 2.05) is 0 Å². The second kappa shape index (κ2) is 7.85. The zero-order chi connectivity index (χ0) is 22.1. The normalized spacial score (nSPS) is 12.2. The number of carbonyl (C=O) groups is 2. The molecule has 0 saturated heterocycles. The predicted molar refractivity (Wildman–Crippen MR) is 94.1 cm³/mol. The van der Waals surface area contributed by atoms with E-state index in [1.54, 1.807) is 0 Å². The number of ether oxygens (including phenoxy) is 2. The van der Waals surface area contributed by atoms with Gasteiger partial charge < -0.3 is 9.47 Å². The third kappa shape index (κ3) is 5.00. The molecule has 3 aromatic carbocycles. The lowest BCUT2D eigenvalue weighted by molar-refractivity contribution is -0.165. The minimum Gasteiger partial charge on any atom is -0.425 e. The zero-order valence-electron chi connectivity index (χ0n) is 14.9. The number of fused-ring (bicyclic) bond motifs is 2. The first kappa shape index (κ1) is 21.4. The Morgan fingerprint density at radius 2 is 0.867 bits per heavy atom. The maximum atomic E-state index is 12.5. The Morgan fingerprint density at radius 1 is 0.600 bits per heavy atom. The van der Waals surface area contributed by atoms with Gasteiger partial charge in [0.05, 0.1) is 0 Å². The van der Waals surface area contributed by atoms with Crippen molar-refractivity contribution in [3.8, 4) is 11.5 Å². The smallest absolute Gasteiger partial charge is 0.399 e. The lowest BCUT2D eigenvalue weighted by Crippen LogP contribution is -2.20. The van der Waals surface area contributed by atoms with Crippen molar-refractivity contribution in [1.29, 1.82) is 0 Å². The topological polar surface area (TPSA) is 52.6 Å². The Morgan fingerprint density at radius 3 is 1.10 bits per heavy atom. The van der Waals surface area contributed by atoms with E-state index in [0.29, 0.717) is 0 Å². The number of hydrogen-bond donors (Lipinski definition) is 0. The van der Waals surface area contributed by atoms with Crippen LogP contribution in [0, 0.1) is 0 Å². The molecular weight excluding hydrogens is 418 g/mol. The van der Waals surface area contributed by atoms with Crippen LogP contribution in [-0.4, -0.2) is 24.3 Å². The van der Waals surface area contributed by atoms with Crippen LogP contribution in [0.1, 0.15) is 12.8 Å². The molecule has 0 N–H and O–H groups in total. The molecule has 3 aromatic rings. The maximum absolute atomic E-state index is 12.5. The lowest BCUT2D eigenvalue weighted by atomic mass is 10.0. The summed E-state index contributed by atoms with van der Waals surface area (Å²) in [5, 5.41) is 0.395. The average molecular weight is 430 g/mol. The van der Waals surface area contributed by atoms with Crippen LogP contribution in [-0.2, 0) is 9.59 Å². The van der Waals surface area contributed by atoms with E-state index in [1.165, 1.54) is 48.5 Å². The molecule has 0 heterocycles. The van der Waals surface area contributed by atoms with Gasteiger partial charge in [-0.2, -0.15) is 26.3 Å². The summed E-state index contributed by atoms with van der Waals surface area (Å²) >= 11 is 0. The zero-order valence-corrected chi connectivity index (χ0v) is 14.9. The van der Waals surface area contributed by atoms with E-state index >= 15 is 0 Å². The molecule has 0 aliphatic carbocycles. The van der Waals surface area contributed by atoms with Crippen LogP contribution in [0.3, 0.4) is 0 Å². The Balaban J connectivity index is 2.15. The summed E-state index contributed by atoms with van der Waals surface area (Å²) in [6, 6.07) is 11.5. The fourth-order valence-corrected chi connectivity index (χ4v) is 2.90. The Hall–Kier alpha value is -3.30. The van der Waals surface area contributed by atoms with Gasteiger partial charge in [0.1, 0.15) is 24.3 Å². The summed E-state index contributed by atoms with van der Waals surface area (Å²) in [6.07, 6.45) is -13.2. The highest BCUT2D eigenvalue weighted by molar-refractivity contribution is 6.12. The summed E-state index contributed by atoms with van der Waals surface area (Å²) in [4.78, 5) is 23.6. The van der Waals surface area contributed by atoms with Crippen molar-refractivity contribution in [1.82, 2.24) is 0 Å². The van der Waals surface area contributed by atoms with Crippen LogP contribution in [0.2, 0.25) is 0 Å². The number of rotatable bonds is 4. The van der Waals surface area contributed by atoms with Crippen molar-refractivity contribution < 1.29 is 45.4 Å². The van der Waals surface area contributed by atoms with Crippen molar-refractivity contribution >= 4 is 33.5 Å². The monoisotopic (exact) mass is 430 g/mol. The second-order valence-electron chi connectivity index (χ2n) is 6.28. The van der Waals surface area contributed by atoms with Crippen molar-refractivity contribution in [2.45, 2.75) is 25.2 Å². The largest absolute Gasteiger partial charge is 0.425 e. The number of carbonyl (C=O) groups excluding carboxylic acids is 2. The van der Waals surface area contributed by atoms with Crippen LogP contribution in [0.25, 0.3) is 21.5 Å². The first-order valence-corrected chi connectivity index (χ1v) is 8.43. The van der Waals surface area contributed by atoms with Crippen molar-refractivity contribution in [3.63, 3.8) is 0 Å². The highest BCUT2D eigenvalue weighted by atomic mass is 19.4. The fraction of sp³-hybridized carbons (Fsp3) is 0.200. The van der Waals surface area contributed by atoms with Crippen molar-refractivity contribution in [2.24, 2.45) is 0 Å². The predicted octanol–water partition coefficient (Wildman–Crippen LogP) is 5.71. The molecule has 30 heavy (non-hydrogen) atoms. The third-order valence-electron chi connectivity index (χ3n) is 3.95. The Labute approximate surface area is 165 Å². The Kier molecular flexibility index (Phi) is 5.60. The van der Waals surface area contributed by atoms with Gasteiger partial charge in [0.15, 0.2) is 0 Å². The quantitative estimate of drug-likeness (QED) is 0.230. The van der Waals surface area contributed by atoms with Gasteiger partial charge in [-0.25, -0.2) is 0 Å². The van der Waals surface area contributed by atoms with Gasteiger partial charge >= 0.3 is 24.3 Å². The molecule has 0 aliphatic heterocycles. The lowest BCUT2D eigenvalue weighted by Gasteiger charge is -2.17. The Bertz CT molecular complexity index is 973. The van der Waals surface area contributed by atoms with Gasteiger partial charge in [0.25, 0.3) is 0 Å². The summed E-state index contributed by atoms with van der Waals surface area (Å²) < 4.78 is 85.1. The molecule has 0 radical (unpaired) electrons. The third-order valence-corrected chi connectivity index (χ3v) is 3.95. The van der Waals surface area contributed by atoms with Crippen LogP contribution in [0.4, 0.5) is 26.3 Å². The van der Waals surface area contributed by atoms with Crippen LogP contribution < -0.4 is 9.47 Å². The molecule has 0 aromatic heterocycles. The number of alkyl halides is 6. The minimum absolute atomic E-state index is 0.0986. The van der Waals surface area contributed by atoms with Gasteiger partial charge in [-0.05, 0) is 0 Å². The molecule has 0 fully saturated rings. The molecule has 0 unspecified atom stereocenters. The molecule has 3 rings (SSSR count). The van der Waals surface area contributed by atoms with E-state index in [2.05, 4.69) is 0 Å². The van der Waals surface area contributed by atoms with Crippen LogP contribution in [0.5, 0.6) is 11.5 Å². The summed E-state index contributed by atoms with van der Waals surface area (Å²) in [5.74, 6) is -3.55. The van der Waals surface area contributed by atoms with Crippen molar-refractivity contribution in [2.75, 3.05) is 0 Å². The highest BCUT2D eigenvalue weighted by Gasteiger charge is 2.34. The molecule has 0 aliphatic rings. The second-order valence-corrected chi connectivity index (χ2v) is 6.28.